The molecule has 0 aliphatic heterocycles. The Hall–Kier alpha value is -2.09. The van der Waals surface area contributed by atoms with Crippen molar-refractivity contribution in [1.82, 2.24) is 9.62 Å². The molecule has 3 rings (SSSR count). The summed E-state index contributed by atoms with van der Waals surface area (Å²) in [6.45, 7) is 3.28. The van der Waals surface area contributed by atoms with Crippen LogP contribution < -0.4 is 5.32 Å². The van der Waals surface area contributed by atoms with Gasteiger partial charge in [-0.05, 0) is 61.4 Å². The Morgan fingerprint density at radius 3 is 2.18 bits per heavy atom. The summed E-state index contributed by atoms with van der Waals surface area (Å²) < 4.78 is 27.9. The maximum Gasteiger partial charge on any atom is 0.243 e. The highest BCUT2D eigenvalue weighted by Gasteiger charge is 2.27. The number of sulfonamides is 1. The maximum absolute atomic E-state index is 13.4. The van der Waals surface area contributed by atoms with Gasteiger partial charge in [-0.15, -0.1) is 0 Å². The van der Waals surface area contributed by atoms with Crippen LogP contribution in [0.25, 0.3) is 0 Å². The number of hydrogen-bond acceptors (Lipinski definition) is 3. The second-order valence-electron chi connectivity index (χ2n) is 7.68. The number of carbonyl (C=O) groups excluding carboxylic acids is 1. The van der Waals surface area contributed by atoms with Crippen molar-refractivity contribution in [1.29, 1.82) is 0 Å². The molecule has 33 heavy (non-hydrogen) atoms. The third-order valence-corrected chi connectivity index (χ3v) is 7.87. The van der Waals surface area contributed by atoms with Crippen LogP contribution in [0.5, 0.6) is 0 Å². The van der Waals surface area contributed by atoms with Crippen molar-refractivity contribution >= 4 is 50.7 Å². The summed E-state index contributed by atoms with van der Waals surface area (Å²) in [5.41, 5.74) is 2.39. The molecule has 0 radical (unpaired) electrons. The van der Waals surface area contributed by atoms with Crippen molar-refractivity contribution in [2.24, 2.45) is 0 Å². The number of halogens is 3. The lowest BCUT2D eigenvalue weighted by atomic mass is 10.1. The van der Waals surface area contributed by atoms with Gasteiger partial charge in [0.15, 0.2) is 0 Å². The fraction of sp³-hybridized carbons (Fsp3) is 0.208. The van der Waals surface area contributed by atoms with Gasteiger partial charge < -0.3 is 5.32 Å². The molecule has 1 amide bonds. The van der Waals surface area contributed by atoms with Crippen LogP contribution in [-0.4, -0.2) is 25.2 Å². The van der Waals surface area contributed by atoms with Gasteiger partial charge in [-0.3, -0.25) is 4.79 Å². The van der Waals surface area contributed by atoms with Crippen molar-refractivity contribution in [3.8, 4) is 0 Å². The average Bonchev–Trinajstić information content (AvgIpc) is 2.76. The van der Waals surface area contributed by atoms with E-state index < -0.39 is 15.9 Å². The number of carbonyl (C=O) groups is 1. The van der Waals surface area contributed by atoms with E-state index >= 15 is 0 Å². The Morgan fingerprint density at radius 2 is 1.58 bits per heavy atom. The van der Waals surface area contributed by atoms with Crippen molar-refractivity contribution in [3.63, 3.8) is 0 Å². The number of nitrogens with one attached hydrogen (secondary N) is 1. The van der Waals surface area contributed by atoms with Gasteiger partial charge in [0.1, 0.15) is 0 Å². The monoisotopic (exact) mass is 524 g/mol. The van der Waals surface area contributed by atoms with Crippen molar-refractivity contribution in [2.45, 2.75) is 31.3 Å². The number of nitrogens with zero attached hydrogens (tertiary/aromatic N) is 1. The SMILES string of the molecule is Cc1ccc(S(=O)(=O)N(CC(=O)N[C@@H](C)c2ccc(Cl)cc2)Cc2ccc(Cl)c(Cl)c2)cc1. The molecule has 0 heterocycles. The number of rotatable bonds is 8. The Bertz CT molecular complexity index is 1230. The maximum atomic E-state index is 13.4. The number of hydrogen-bond donors (Lipinski definition) is 1. The van der Waals surface area contributed by atoms with Crippen LogP contribution >= 0.6 is 34.8 Å². The molecule has 1 atom stereocenters. The van der Waals surface area contributed by atoms with E-state index in [0.29, 0.717) is 20.6 Å². The lowest BCUT2D eigenvalue weighted by Crippen LogP contribution is -2.41. The zero-order valence-corrected chi connectivity index (χ0v) is 21.1. The summed E-state index contributed by atoms with van der Waals surface area (Å²) >= 11 is 18.0. The van der Waals surface area contributed by atoms with E-state index in [-0.39, 0.29) is 24.0 Å². The van der Waals surface area contributed by atoms with Crippen LogP contribution in [0.15, 0.2) is 71.6 Å². The normalized spacial score (nSPS) is 12.5. The molecule has 0 aromatic heterocycles. The van der Waals surface area contributed by atoms with Gasteiger partial charge >= 0.3 is 0 Å². The average molecular weight is 526 g/mol. The smallest absolute Gasteiger partial charge is 0.243 e. The lowest BCUT2D eigenvalue weighted by Gasteiger charge is -2.23. The molecule has 9 heteroatoms. The van der Waals surface area contributed by atoms with E-state index in [1.807, 2.05) is 26.0 Å². The van der Waals surface area contributed by atoms with Gasteiger partial charge in [0.05, 0.1) is 27.5 Å². The van der Waals surface area contributed by atoms with Crippen LogP contribution in [0.1, 0.15) is 29.7 Å². The molecule has 1 N–H and O–H groups in total. The zero-order valence-electron chi connectivity index (χ0n) is 18.1. The van der Waals surface area contributed by atoms with Crippen LogP contribution in [0, 0.1) is 6.92 Å². The minimum atomic E-state index is -3.96. The highest BCUT2D eigenvalue weighted by molar-refractivity contribution is 7.89. The molecule has 0 saturated carbocycles. The second kappa shape index (κ2) is 10.9. The summed E-state index contributed by atoms with van der Waals surface area (Å²) in [5.74, 6) is -0.437. The van der Waals surface area contributed by atoms with Crippen molar-refractivity contribution in [2.75, 3.05) is 6.54 Å². The summed E-state index contributed by atoms with van der Waals surface area (Å²) in [7, 11) is -3.96. The van der Waals surface area contributed by atoms with Crippen molar-refractivity contribution < 1.29 is 13.2 Å². The number of benzene rings is 3. The molecule has 0 aliphatic rings. The van der Waals surface area contributed by atoms with Gasteiger partial charge in [-0.25, -0.2) is 8.42 Å². The van der Waals surface area contributed by atoms with Gasteiger partial charge in [0, 0.05) is 11.6 Å². The number of amides is 1. The quantitative estimate of drug-likeness (QED) is 0.391. The number of aryl methyl sites for hydroxylation is 1. The molecular formula is C24H23Cl3N2O3S. The molecule has 5 nitrogen and oxygen atoms in total. The Balaban J connectivity index is 1.85. The van der Waals surface area contributed by atoms with Gasteiger partial charge in [0.2, 0.25) is 15.9 Å². The summed E-state index contributed by atoms with van der Waals surface area (Å²) in [4.78, 5) is 13.0. The third kappa shape index (κ3) is 6.71. The standard InChI is InChI=1S/C24H23Cl3N2O3S/c1-16-3-10-21(11-4-16)33(31,32)29(14-18-5-12-22(26)23(27)13-18)15-24(30)28-17(2)19-6-8-20(25)9-7-19/h3-13,17H,14-15H2,1-2H3,(H,28,30)/t17-/m0/s1. The topological polar surface area (TPSA) is 66.5 Å². The predicted octanol–water partition coefficient (Wildman–Crippen LogP) is 6.02. The molecule has 0 spiro atoms. The molecular weight excluding hydrogens is 503 g/mol. The first-order chi connectivity index (χ1) is 15.6. The largest absolute Gasteiger partial charge is 0.348 e. The molecule has 174 valence electrons. The Morgan fingerprint density at radius 1 is 0.939 bits per heavy atom. The molecule has 0 fully saturated rings. The van der Waals surface area contributed by atoms with Crippen LogP contribution in [-0.2, 0) is 21.4 Å². The minimum Gasteiger partial charge on any atom is -0.348 e. The van der Waals surface area contributed by atoms with E-state index in [2.05, 4.69) is 5.32 Å². The van der Waals surface area contributed by atoms with E-state index in [4.69, 9.17) is 34.8 Å². The van der Waals surface area contributed by atoms with Gasteiger partial charge in [-0.2, -0.15) is 4.31 Å². The first-order valence-electron chi connectivity index (χ1n) is 10.1. The molecule has 0 bridgehead atoms. The second-order valence-corrected chi connectivity index (χ2v) is 10.9. The summed E-state index contributed by atoms with van der Waals surface area (Å²) in [6.07, 6.45) is 0. The zero-order chi connectivity index (χ0) is 24.2. The fourth-order valence-corrected chi connectivity index (χ4v) is 5.04. The minimum absolute atomic E-state index is 0.0458. The highest BCUT2D eigenvalue weighted by Crippen LogP contribution is 2.25. The lowest BCUT2D eigenvalue weighted by molar-refractivity contribution is -0.122. The van der Waals surface area contributed by atoms with Crippen LogP contribution in [0.2, 0.25) is 15.1 Å². The van der Waals surface area contributed by atoms with E-state index in [9.17, 15) is 13.2 Å². The Kier molecular flexibility index (Phi) is 8.43. The first kappa shape index (κ1) is 25.5. The van der Waals surface area contributed by atoms with E-state index in [0.717, 1.165) is 15.4 Å². The predicted molar refractivity (Wildman–Crippen MR) is 133 cm³/mol. The van der Waals surface area contributed by atoms with E-state index in [1.54, 1.807) is 42.5 Å². The van der Waals surface area contributed by atoms with Gasteiger partial charge in [-0.1, -0.05) is 70.7 Å². The van der Waals surface area contributed by atoms with E-state index in [1.165, 1.54) is 12.1 Å². The molecule has 0 unspecified atom stereocenters. The molecule has 3 aromatic carbocycles. The first-order valence-corrected chi connectivity index (χ1v) is 12.7. The Labute approximate surface area is 209 Å². The summed E-state index contributed by atoms with van der Waals surface area (Å²) in [5, 5.41) is 4.11. The molecule has 0 aliphatic carbocycles. The summed E-state index contributed by atoms with van der Waals surface area (Å²) in [6, 6.07) is 18.1. The van der Waals surface area contributed by atoms with Crippen LogP contribution in [0.3, 0.4) is 0 Å². The molecule has 0 saturated heterocycles. The van der Waals surface area contributed by atoms with Gasteiger partial charge in [0.25, 0.3) is 0 Å². The third-order valence-electron chi connectivity index (χ3n) is 5.07. The van der Waals surface area contributed by atoms with Crippen molar-refractivity contribution in [3.05, 3.63) is 98.5 Å². The molecule has 3 aromatic rings. The fourth-order valence-electron chi connectivity index (χ4n) is 3.21. The van der Waals surface area contributed by atoms with Crippen LogP contribution in [0.4, 0.5) is 0 Å². The highest BCUT2D eigenvalue weighted by atomic mass is 35.5.